The number of hydrogen-bond donors (Lipinski definition) is 0. The van der Waals surface area contributed by atoms with E-state index < -0.39 is 29.4 Å². The van der Waals surface area contributed by atoms with E-state index >= 15 is 0 Å². The van der Waals surface area contributed by atoms with Crippen molar-refractivity contribution in [2.75, 3.05) is 7.11 Å². The van der Waals surface area contributed by atoms with Gasteiger partial charge < -0.3 is 9.47 Å². The van der Waals surface area contributed by atoms with E-state index in [-0.39, 0.29) is 28.0 Å². The topological polar surface area (TPSA) is 35.5 Å². The molecule has 0 aromatic heterocycles. The minimum Gasteiger partial charge on any atom is -0.494 e. The standard InChI is InChI=1S/C26H14Br2F6O3/c1-36-23-18(27)10-13(11-19(23)28)12-20-21(14-2-6-16(7-3-14)25(29,30)31)22(24(35)37-20)15-4-8-17(9-5-15)26(32,33)34/h2-12H,1H3/b20-12-. The smallest absolute Gasteiger partial charge is 0.416 e. The fourth-order valence-corrected chi connectivity index (χ4v) is 5.28. The number of carbonyl (C=O) groups is 1. The predicted molar refractivity (Wildman–Crippen MR) is 132 cm³/mol. The molecule has 1 aliphatic heterocycles. The summed E-state index contributed by atoms with van der Waals surface area (Å²) in [6.45, 7) is 0. The molecule has 0 radical (unpaired) electrons. The molecule has 0 atom stereocenters. The van der Waals surface area contributed by atoms with E-state index in [0.29, 0.717) is 20.3 Å². The highest BCUT2D eigenvalue weighted by Gasteiger charge is 2.35. The Labute approximate surface area is 223 Å². The summed E-state index contributed by atoms with van der Waals surface area (Å²) in [6, 6.07) is 11.3. The summed E-state index contributed by atoms with van der Waals surface area (Å²) in [5.41, 5.74) is -0.872. The largest absolute Gasteiger partial charge is 0.494 e. The molecule has 0 saturated carbocycles. The van der Waals surface area contributed by atoms with Gasteiger partial charge in [-0.3, -0.25) is 0 Å². The maximum absolute atomic E-state index is 13.1. The fourth-order valence-electron chi connectivity index (χ4n) is 3.74. The molecule has 0 aliphatic carbocycles. The van der Waals surface area contributed by atoms with E-state index in [4.69, 9.17) is 9.47 Å². The number of halogens is 8. The molecule has 0 amide bonds. The van der Waals surface area contributed by atoms with Gasteiger partial charge in [0.25, 0.3) is 0 Å². The molecule has 1 heterocycles. The first-order valence-corrected chi connectivity index (χ1v) is 11.9. The highest BCUT2D eigenvalue weighted by Crippen LogP contribution is 2.43. The first kappa shape index (κ1) is 27.0. The lowest BCUT2D eigenvalue weighted by atomic mass is 9.93. The van der Waals surface area contributed by atoms with E-state index in [9.17, 15) is 31.1 Å². The number of allylic oxidation sites excluding steroid dienone is 1. The SMILES string of the molecule is COc1c(Br)cc(/C=C2\OC(=O)C(c3ccc(C(F)(F)F)cc3)=C2c2ccc(C(F)(F)F)cc2)cc1Br. The van der Waals surface area contributed by atoms with Gasteiger partial charge in [0.2, 0.25) is 0 Å². The lowest BCUT2D eigenvalue weighted by molar-refractivity contribution is -0.138. The molecule has 3 nitrogen and oxygen atoms in total. The molecule has 11 heteroatoms. The van der Waals surface area contributed by atoms with Crippen LogP contribution in [0.3, 0.4) is 0 Å². The zero-order chi connectivity index (χ0) is 27.1. The molecule has 192 valence electrons. The third-order valence-electron chi connectivity index (χ3n) is 5.43. The minimum atomic E-state index is -4.58. The zero-order valence-electron chi connectivity index (χ0n) is 18.6. The van der Waals surface area contributed by atoms with Crippen molar-refractivity contribution in [2.45, 2.75) is 12.4 Å². The number of benzene rings is 3. The fraction of sp³-hybridized carbons (Fsp3) is 0.115. The van der Waals surface area contributed by atoms with E-state index in [0.717, 1.165) is 36.4 Å². The Morgan fingerprint density at radius 2 is 1.19 bits per heavy atom. The minimum absolute atomic E-state index is 0.0172. The second-order valence-corrected chi connectivity index (χ2v) is 9.52. The summed E-state index contributed by atoms with van der Waals surface area (Å²) in [7, 11) is 1.48. The lowest BCUT2D eigenvalue weighted by Crippen LogP contribution is -2.05. The van der Waals surface area contributed by atoms with Gasteiger partial charge >= 0.3 is 18.3 Å². The third kappa shape index (κ3) is 5.62. The summed E-state index contributed by atoms with van der Waals surface area (Å²) in [5.74, 6) is -0.328. The van der Waals surface area contributed by atoms with Crippen LogP contribution in [0, 0.1) is 0 Å². The van der Waals surface area contributed by atoms with Crippen LogP contribution in [0.4, 0.5) is 26.3 Å². The second kappa shape index (κ2) is 10.0. The van der Waals surface area contributed by atoms with Crippen molar-refractivity contribution in [3.8, 4) is 5.75 Å². The molecule has 0 bridgehead atoms. The Bertz CT molecular complexity index is 1400. The molecule has 0 fully saturated rings. The average Bonchev–Trinajstić information content (AvgIpc) is 3.13. The van der Waals surface area contributed by atoms with Gasteiger partial charge in [-0.2, -0.15) is 26.3 Å². The van der Waals surface area contributed by atoms with Crippen molar-refractivity contribution in [3.05, 3.63) is 103 Å². The van der Waals surface area contributed by atoms with Gasteiger partial charge in [0.1, 0.15) is 11.5 Å². The Hall–Kier alpha value is -3.05. The van der Waals surface area contributed by atoms with Gasteiger partial charge in [-0.15, -0.1) is 0 Å². The van der Waals surface area contributed by atoms with Crippen molar-refractivity contribution in [1.82, 2.24) is 0 Å². The summed E-state index contributed by atoms with van der Waals surface area (Å²) in [4.78, 5) is 12.9. The number of esters is 1. The maximum atomic E-state index is 13.1. The molecular weight excluding hydrogens is 634 g/mol. The van der Waals surface area contributed by atoms with Gasteiger partial charge in [0, 0.05) is 5.57 Å². The predicted octanol–water partition coefficient (Wildman–Crippen LogP) is 8.77. The lowest BCUT2D eigenvalue weighted by Gasteiger charge is -2.11. The highest BCUT2D eigenvalue weighted by atomic mass is 79.9. The Kier molecular flexibility index (Phi) is 7.31. The van der Waals surface area contributed by atoms with Gasteiger partial charge in [-0.05, 0) is 91.0 Å². The van der Waals surface area contributed by atoms with Crippen LogP contribution in [0.2, 0.25) is 0 Å². The molecule has 0 saturated heterocycles. The number of rotatable bonds is 4. The highest BCUT2D eigenvalue weighted by molar-refractivity contribution is 9.11. The molecule has 3 aromatic carbocycles. The van der Waals surface area contributed by atoms with Crippen molar-refractivity contribution in [3.63, 3.8) is 0 Å². The molecule has 1 aliphatic rings. The van der Waals surface area contributed by atoms with Crippen LogP contribution in [0.15, 0.2) is 75.4 Å². The Morgan fingerprint density at radius 1 is 0.757 bits per heavy atom. The van der Waals surface area contributed by atoms with Crippen LogP contribution in [0.1, 0.15) is 27.8 Å². The monoisotopic (exact) mass is 646 g/mol. The van der Waals surface area contributed by atoms with Crippen molar-refractivity contribution < 1.29 is 40.6 Å². The van der Waals surface area contributed by atoms with E-state index in [2.05, 4.69) is 31.9 Å². The zero-order valence-corrected chi connectivity index (χ0v) is 21.8. The van der Waals surface area contributed by atoms with Crippen molar-refractivity contribution in [1.29, 1.82) is 0 Å². The summed E-state index contributed by atoms with van der Waals surface area (Å²) in [5, 5.41) is 0. The average molecular weight is 648 g/mol. The van der Waals surface area contributed by atoms with Gasteiger partial charge in [-0.25, -0.2) is 4.79 Å². The second-order valence-electron chi connectivity index (χ2n) is 7.82. The van der Waals surface area contributed by atoms with Crippen LogP contribution in [-0.4, -0.2) is 13.1 Å². The maximum Gasteiger partial charge on any atom is 0.416 e. The van der Waals surface area contributed by atoms with Crippen molar-refractivity contribution in [2.24, 2.45) is 0 Å². The molecule has 4 rings (SSSR count). The van der Waals surface area contributed by atoms with Crippen molar-refractivity contribution >= 4 is 55.1 Å². The number of ether oxygens (including phenoxy) is 2. The molecule has 0 unspecified atom stereocenters. The van der Waals surface area contributed by atoms with Crippen LogP contribution in [0.25, 0.3) is 17.2 Å². The number of carbonyl (C=O) groups excluding carboxylic acids is 1. The summed E-state index contributed by atoms with van der Waals surface area (Å²) in [6.07, 6.45) is -7.66. The molecule has 0 spiro atoms. The van der Waals surface area contributed by atoms with Crippen LogP contribution in [0.5, 0.6) is 5.75 Å². The first-order chi connectivity index (χ1) is 17.3. The number of methoxy groups -OCH3 is 1. The van der Waals surface area contributed by atoms with Gasteiger partial charge in [0.15, 0.2) is 0 Å². The normalized spacial score (nSPS) is 15.4. The molecule has 3 aromatic rings. The first-order valence-electron chi connectivity index (χ1n) is 10.4. The van der Waals surface area contributed by atoms with Gasteiger partial charge in [-0.1, -0.05) is 24.3 Å². The Balaban J connectivity index is 1.91. The number of hydrogen-bond acceptors (Lipinski definition) is 3. The molecular formula is C26H14Br2F6O3. The summed E-state index contributed by atoms with van der Waals surface area (Å²) < 4.78 is 90.4. The third-order valence-corrected chi connectivity index (χ3v) is 6.61. The quantitative estimate of drug-likeness (QED) is 0.210. The van der Waals surface area contributed by atoms with Gasteiger partial charge in [0.05, 0.1) is 32.8 Å². The van der Waals surface area contributed by atoms with E-state index in [1.54, 1.807) is 12.1 Å². The number of alkyl halides is 6. The van der Waals surface area contributed by atoms with E-state index in [1.165, 1.54) is 25.3 Å². The molecule has 37 heavy (non-hydrogen) atoms. The van der Waals surface area contributed by atoms with E-state index in [1.807, 2.05) is 0 Å². The van der Waals surface area contributed by atoms with Crippen LogP contribution in [-0.2, 0) is 21.9 Å². The summed E-state index contributed by atoms with van der Waals surface area (Å²) >= 11 is 6.75. The van der Waals surface area contributed by atoms with Crippen LogP contribution >= 0.6 is 31.9 Å². The number of cyclic esters (lactones) is 1. The molecule has 0 N–H and O–H groups in total. The van der Waals surface area contributed by atoms with Crippen LogP contribution < -0.4 is 4.74 Å². The Morgan fingerprint density at radius 3 is 1.59 bits per heavy atom.